The van der Waals surface area contributed by atoms with E-state index < -0.39 is 0 Å². The fourth-order valence-electron chi connectivity index (χ4n) is 3.68. The lowest BCUT2D eigenvalue weighted by molar-refractivity contribution is -0.121. The molecule has 3 amide bonds. The summed E-state index contributed by atoms with van der Waals surface area (Å²) in [5.74, 6) is -0.0843. The van der Waals surface area contributed by atoms with Crippen molar-refractivity contribution in [2.45, 2.75) is 39.8 Å². The van der Waals surface area contributed by atoms with E-state index in [0.717, 1.165) is 27.9 Å². The van der Waals surface area contributed by atoms with Crippen LogP contribution in [-0.4, -0.2) is 23.4 Å². The molecule has 2 N–H and O–H groups in total. The van der Waals surface area contributed by atoms with Crippen LogP contribution in [0, 0.1) is 13.8 Å². The molecule has 0 radical (unpaired) electrons. The smallest absolute Gasteiger partial charge is 0.322 e. The first-order chi connectivity index (χ1) is 15.5. The summed E-state index contributed by atoms with van der Waals surface area (Å²) in [7, 11) is 0. The van der Waals surface area contributed by atoms with Crippen molar-refractivity contribution in [3.05, 3.63) is 101 Å². The van der Waals surface area contributed by atoms with Crippen molar-refractivity contribution in [1.29, 1.82) is 0 Å². The first-order valence-electron chi connectivity index (χ1n) is 10.9. The maximum atomic E-state index is 13.3. The number of carbonyl (C=O) groups is 2. The molecule has 5 heteroatoms. The van der Waals surface area contributed by atoms with Gasteiger partial charge in [0, 0.05) is 25.2 Å². The molecule has 0 aromatic heterocycles. The molecule has 3 rings (SSSR count). The minimum absolute atomic E-state index is 0.0843. The molecule has 0 aliphatic heterocycles. The fourth-order valence-corrected chi connectivity index (χ4v) is 3.68. The predicted octanol–water partition coefficient (Wildman–Crippen LogP) is 5.61. The average Bonchev–Trinajstić information content (AvgIpc) is 2.81. The van der Waals surface area contributed by atoms with Crippen LogP contribution in [0.1, 0.15) is 41.6 Å². The summed E-state index contributed by atoms with van der Waals surface area (Å²) in [5.41, 5.74) is 4.89. The summed E-state index contributed by atoms with van der Waals surface area (Å²) in [6, 6.07) is 25.2. The molecular formula is C27H31N3O2. The molecule has 0 aliphatic carbocycles. The third-order valence-corrected chi connectivity index (χ3v) is 5.64. The van der Waals surface area contributed by atoms with Gasteiger partial charge >= 0.3 is 6.03 Å². The number of para-hydroxylation sites is 1. The zero-order valence-corrected chi connectivity index (χ0v) is 19.0. The molecule has 32 heavy (non-hydrogen) atoms. The van der Waals surface area contributed by atoms with Gasteiger partial charge in [0.2, 0.25) is 5.91 Å². The van der Waals surface area contributed by atoms with Crippen molar-refractivity contribution in [2.24, 2.45) is 0 Å². The number of rotatable bonds is 8. The van der Waals surface area contributed by atoms with Crippen LogP contribution in [-0.2, 0) is 11.3 Å². The highest BCUT2D eigenvalue weighted by molar-refractivity contribution is 5.91. The van der Waals surface area contributed by atoms with E-state index in [1.54, 1.807) is 4.90 Å². The zero-order valence-electron chi connectivity index (χ0n) is 19.0. The molecule has 166 valence electrons. The molecule has 0 saturated carbocycles. The van der Waals surface area contributed by atoms with Crippen molar-refractivity contribution < 1.29 is 9.59 Å². The van der Waals surface area contributed by atoms with Crippen molar-refractivity contribution in [1.82, 2.24) is 10.2 Å². The molecule has 0 fully saturated rings. The van der Waals surface area contributed by atoms with Crippen LogP contribution < -0.4 is 10.6 Å². The van der Waals surface area contributed by atoms with Gasteiger partial charge in [0.1, 0.15) is 0 Å². The average molecular weight is 430 g/mol. The lowest BCUT2D eigenvalue weighted by Gasteiger charge is -2.30. The molecule has 3 aromatic rings. The molecule has 0 aliphatic rings. The number of hydrogen-bond donors (Lipinski definition) is 2. The number of hydrogen-bond acceptors (Lipinski definition) is 2. The second-order valence-electron chi connectivity index (χ2n) is 7.99. The Hall–Kier alpha value is -3.60. The van der Waals surface area contributed by atoms with Crippen LogP contribution in [0.4, 0.5) is 10.5 Å². The Morgan fingerprint density at radius 2 is 1.44 bits per heavy atom. The minimum Gasteiger partial charge on any atom is -0.352 e. The largest absolute Gasteiger partial charge is 0.352 e. The summed E-state index contributed by atoms with van der Waals surface area (Å²) in [5, 5.41) is 6.01. The van der Waals surface area contributed by atoms with Crippen molar-refractivity contribution in [2.75, 3.05) is 11.9 Å². The zero-order chi connectivity index (χ0) is 22.9. The summed E-state index contributed by atoms with van der Waals surface area (Å²) in [6.07, 6.45) is 0.226. The number of carbonyl (C=O) groups excluding carboxylic acids is 2. The normalized spacial score (nSPS) is 11.5. The minimum atomic E-state index is -0.213. The number of benzene rings is 3. The Bertz CT molecular complexity index is 1020. The van der Waals surface area contributed by atoms with Crippen LogP contribution in [0.25, 0.3) is 0 Å². The number of anilines is 1. The first-order valence-corrected chi connectivity index (χ1v) is 10.9. The second-order valence-corrected chi connectivity index (χ2v) is 7.99. The predicted molar refractivity (Wildman–Crippen MR) is 129 cm³/mol. The highest BCUT2D eigenvalue weighted by atomic mass is 16.2. The first kappa shape index (κ1) is 23.1. The maximum Gasteiger partial charge on any atom is 0.322 e. The summed E-state index contributed by atoms with van der Waals surface area (Å²) in [6.45, 7) is 6.73. The highest BCUT2D eigenvalue weighted by Gasteiger charge is 2.23. The lowest BCUT2D eigenvalue weighted by atomic mass is 10.1. The van der Waals surface area contributed by atoms with E-state index in [1.807, 2.05) is 99.6 Å². The standard InChI is InChI=1S/C27H31N3O2/c1-20-11-10-12-21(2)26(20)29-27(32)30(22(3)24-15-8-5-9-16-24)18-17-25(31)28-19-23-13-6-4-7-14-23/h4-16,22H,17-19H2,1-3H3,(H,28,31)(H,29,32). The van der Waals surface area contributed by atoms with Gasteiger partial charge in [-0.15, -0.1) is 0 Å². The molecule has 0 heterocycles. The highest BCUT2D eigenvalue weighted by Crippen LogP contribution is 2.24. The van der Waals surface area contributed by atoms with E-state index in [9.17, 15) is 9.59 Å². The van der Waals surface area contributed by atoms with Gasteiger partial charge in [0.15, 0.2) is 0 Å². The van der Waals surface area contributed by atoms with Gasteiger partial charge in [-0.25, -0.2) is 4.79 Å². The summed E-state index contributed by atoms with van der Waals surface area (Å²) in [4.78, 5) is 27.5. The molecular weight excluding hydrogens is 398 g/mol. The molecule has 1 atom stereocenters. The van der Waals surface area contributed by atoms with E-state index >= 15 is 0 Å². The van der Waals surface area contributed by atoms with Gasteiger partial charge in [-0.3, -0.25) is 4.79 Å². The van der Waals surface area contributed by atoms with Gasteiger partial charge < -0.3 is 15.5 Å². The van der Waals surface area contributed by atoms with E-state index in [4.69, 9.17) is 0 Å². The molecule has 0 saturated heterocycles. The van der Waals surface area contributed by atoms with E-state index in [-0.39, 0.29) is 24.4 Å². The number of urea groups is 1. The van der Waals surface area contributed by atoms with Crippen LogP contribution in [0.15, 0.2) is 78.9 Å². The van der Waals surface area contributed by atoms with Gasteiger partial charge in [-0.1, -0.05) is 78.9 Å². The van der Waals surface area contributed by atoms with Gasteiger partial charge in [-0.05, 0) is 43.0 Å². The molecule has 0 spiro atoms. The third kappa shape index (κ3) is 6.20. The van der Waals surface area contributed by atoms with E-state index in [2.05, 4.69) is 10.6 Å². The Labute approximate surface area is 190 Å². The number of aryl methyl sites for hydroxylation is 2. The van der Waals surface area contributed by atoms with Gasteiger partial charge in [0.25, 0.3) is 0 Å². The Balaban J connectivity index is 1.70. The van der Waals surface area contributed by atoms with Gasteiger partial charge in [-0.2, -0.15) is 0 Å². The topological polar surface area (TPSA) is 61.4 Å². The van der Waals surface area contributed by atoms with Crippen LogP contribution >= 0.6 is 0 Å². The van der Waals surface area contributed by atoms with Crippen molar-refractivity contribution in [3.63, 3.8) is 0 Å². The van der Waals surface area contributed by atoms with E-state index in [0.29, 0.717) is 13.1 Å². The van der Waals surface area contributed by atoms with E-state index in [1.165, 1.54) is 0 Å². The number of nitrogens with one attached hydrogen (secondary N) is 2. The SMILES string of the molecule is Cc1cccc(C)c1NC(=O)N(CCC(=O)NCc1ccccc1)C(C)c1ccccc1. The van der Waals surface area contributed by atoms with Crippen molar-refractivity contribution in [3.8, 4) is 0 Å². The Morgan fingerprint density at radius 1 is 0.844 bits per heavy atom. The Kier molecular flexibility index (Phi) is 8.03. The van der Waals surface area contributed by atoms with Gasteiger partial charge in [0.05, 0.1) is 6.04 Å². The van der Waals surface area contributed by atoms with Crippen molar-refractivity contribution >= 4 is 17.6 Å². The third-order valence-electron chi connectivity index (χ3n) is 5.64. The molecule has 0 bridgehead atoms. The lowest BCUT2D eigenvalue weighted by Crippen LogP contribution is -2.40. The molecule has 1 unspecified atom stereocenters. The molecule has 5 nitrogen and oxygen atoms in total. The Morgan fingerprint density at radius 3 is 2.06 bits per heavy atom. The van der Waals surface area contributed by atoms with Crippen LogP contribution in [0.3, 0.4) is 0 Å². The fraction of sp³-hybridized carbons (Fsp3) is 0.259. The number of amides is 3. The van der Waals surface area contributed by atoms with Crippen LogP contribution in [0.5, 0.6) is 0 Å². The second kappa shape index (κ2) is 11.1. The maximum absolute atomic E-state index is 13.3. The monoisotopic (exact) mass is 429 g/mol. The molecule has 3 aromatic carbocycles. The van der Waals surface area contributed by atoms with Crippen LogP contribution in [0.2, 0.25) is 0 Å². The number of nitrogens with zero attached hydrogens (tertiary/aromatic N) is 1. The quantitative estimate of drug-likeness (QED) is 0.489. The summed E-state index contributed by atoms with van der Waals surface area (Å²) >= 11 is 0. The summed E-state index contributed by atoms with van der Waals surface area (Å²) < 4.78 is 0.